The lowest BCUT2D eigenvalue weighted by atomic mass is 10.1. The van der Waals surface area contributed by atoms with Gasteiger partial charge in [-0.15, -0.1) is 0 Å². The third kappa shape index (κ3) is 2.90. The van der Waals surface area contributed by atoms with Crippen molar-refractivity contribution in [3.05, 3.63) is 23.5 Å². The van der Waals surface area contributed by atoms with Crippen LogP contribution in [-0.4, -0.2) is 8.32 Å². The van der Waals surface area contributed by atoms with Crippen molar-refractivity contribution in [3.63, 3.8) is 0 Å². The zero-order valence-electron chi connectivity index (χ0n) is 13.2. The summed E-state index contributed by atoms with van der Waals surface area (Å²) >= 11 is 0. The molecule has 0 aromatic carbocycles. The first-order chi connectivity index (χ1) is 8.32. The van der Waals surface area contributed by atoms with E-state index in [9.17, 15) is 0 Å². The number of hydrogen-bond donors (Lipinski definition) is 0. The summed E-state index contributed by atoms with van der Waals surface area (Å²) in [5.41, 5.74) is 3.27. The molecule has 1 rings (SSSR count). The molecule has 0 aliphatic heterocycles. The summed E-state index contributed by atoms with van der Waals surface area (Å²) in [5, 5.41) is 0. The van der Waals surface area contributed by atoms with Gasteiger partial charge in [-0.25, -0.2) is 0 Å². The smallest absolute Gasteiger partial charge is 0.258 e. The van der Waals surface area contributed by atoms with Crippen LogP contribution >= 0.6 is 0 Å². The SMILES string of the molecule is CC1=CCCC=C1O[Si](C(C)C)(C(C)C)C(C)C. The molecule has 1 nitrogen and oxygen atoms in total. The Labute approximate surface area is 114 Å². The predicted molar refractivity (Wildman–Crippen MR) is 83.2 cm³/mol. The Morgan fingerprint density at radius 2 is 1.33 bits per heavy atom. The summed E-state index contributed by atoms with van der Waals surface area (Å²) in [4.78, 5) is 0. The lowest BCUT2D eigenvalue weighted by molar-refractivity contribution is 0.376. The van der Waals surface area contributed by atoms with Crippen LogP contribution in [0.4, 0.5) is 0 Å². The summed E-state index contributed by atoms with van der Waals surface area (Å²) in [6.45, 7) is 16.2. The van der Waals surface area contributed by atoms with Crippen LogP contribution in [0.15, 0.2) is 23.5 Å². The van der Waals surface area contributed by atoms with Crippen LogP contribution in [0.5, 0.6) is 0 Å². The van der Waals surface area contributed by atoms with Crippen LogP contribution in [0.3, 0.4) is 0 Å². The molecule has 0 bridgehead atoms. The maximum absolute atomic E-state index is 6.71. The van der Waals surface area contributed by atoms with E-state index in [-0.39, 0.29) is 0 Å². The van der Waals surface area contributed by atoms with E-state index in [4.69, 9.17) is 4.43 Å². The summed E-state index contributed by atoms with van der Waals surface area (Å²) in [6, 6.07) is 0. The van der Waals surface area contributed by atoms with Gasteiger partial charge >= 0.3 is 0 Å². The third-order valence-electron chi connectivity index (χ3n) is 4.33. The summed E-state index contributed by atoms with van der Waals surface area (Å²) in [6.07, 6.45) is 6.91. The van der Waals surface area contributed by atoms with Gasteiger partial charge in [0.25, 0.3) is 8.32 Å². The number of allylic oxidation sites excluding steroid dienone is 3. The van der Waals surface area contributed by atoms with Gasteiger partial charge in [0.05, 0.1) is 0 Å². The van der Waals surface area contributed by atoms with Crippen molar-refractivity contribution < 1.29 is 4.43 Å². The van der Waals surface area contributed by atoms with Crippen LogP contribution in [0.25, 0.3) is 0 Å². The molecule has 1 aliphatic carbocycles. The largest absolute Gasteiger partial charge is 0.543 e. The van der Waals surface area contributed by atoms with E-state index in [2.05, 4.69) is 60.6 Å². The highest BCUT2D eigenvalue weighted by molar-refractivity contribution is 6.77. The Bertz CT molecular complexity index is 315. The van der Waals surface area contributed by atoms with E-state index in [0.717, 1.165) is 12.8 Å². The minimum absolute atomic E-state index is 0.646. The Morgan fingerprint density at radius 1 is 0.889 bits per heavy atom. The lowest BCUT2D eigenvalue weighted by Crippen LogP contribution is -2.47. The molecule has 0 aromatic heterocycles. The van der Waals surface area contributed by atoms with Crippen LogP contribution in [0, 0.1) is 0 Å². The molecule has 0 saturated heterocycles. The topological polar surface area (TPSA) is 9.23 Å². The maximum atomic E-state index is 6.71. The number of hydrogen-bond acceptors (Lipinski definition) is 1. The standard InChI is InChI=1S/C16H30OSi/c1-12(2)18(13(3)4,14(5)6)17-16-11-9-8-10-15(16)7/h10-14H,8-9H2,1-7H3. The highest BCUT2D eigenvalue weighted by atomic mass is 28.4. The van der Waals surface area contributed by atoms with Crippen molar-refractivity contribution in [2.24, 2.45) is 0 Å². The molecule has 0 amide bonds. The monoisotopic (exact) mass is 266 g/mol. The normalized spacial score (nSPS) is 17.2. The molecule has 2 heteroatoms. The van der Waals surface area contributed by atoms with E-state index in [1.54, 1.807) is 0 Å². The Balaban J connectivity index is 3.05. The van der Waals surface area contributed by atoms with Gasteiger partial charge in [0.15, 0.2) is 0 Å². The van der Waals surface area contributed by atoms with E-state index in [0.29, 0.717) is 16.6 Å². The average Bonchev–Trinajstić information content (AvgIpc) is 2.26. The zero-order chi connectivity index (χ0) is 13.9. The van der Waals surface area contributed by atoms with Crippen molar-refractivity contribution in [1.29, 1.82) is 0 Å². The molecule has 0 spiro atoms. The quantitative estimate of drug-likeness (QED) is 0.571. The average molecular weight is 267 g/mol. The van der Waals surface area contributed by atoms with E-state index >= 15 is 0 Å². The van der Waals surface area contributed by atoms with Gasteiger partial charge in [-0.2, -0.15) is 0 Å². The van der Waals surface area contributed by atoms with Gasteiger partial charge in [0, 0.05) is 0 Å². The van der Waals surface area contributed by atoms with Gasteiger partial charge in [-0.1, -0.05) is 47.6 Å². The molecule has 0 aromatic rings. The molecule has 18 heavy (non-hydrogen) atoms. The lowest BCUT2D eigenvalue weighted by Gasteiger charge is -2.43. The van der Waals surface area contributed by atoms with Gasteiger partial charge in [-0.05, 0) is 48.0 Å². The molecular weight excluding hydrogens is 236 g/mol. The van der Waals surface area contributed by atoms with Gasteiger partial charge in [0.1, 0.15) is 5.76 Å². The molecule has 0 N–H and O–H groups in total. The van der Waals surface area contributed by atoms with Crippen LogP contribution < -0.4 is 0 Å². The highest BCUT2D eigenvalue weighted by Gasteiger charge is 2.47. The second-order valence-electron chi connectivity index (χ2n) is 6.45. The molecule has 104 valence electrons. The molecular formula is C16H30OSi. The van der Waals surface area contributed by atoms with Crippen molar-refractivity contribution in [1.82, 2.24) is 0 Å². The highest BCUT2D eigenvalue weighted by Crippen LogP contribution is 2.44. The van der Waals surface area contributed by atoms with Crippen molar-refractivity contribution in [3.8, 4) is 0 Å². The summed E-state index contributed by atoms with van der Waals surface area (Å²) in [7, 11) is -1.77. The fourth-order valence-electron chi connectivity index (χ4n) is 3.44. The van der Waals surface area contributed by atoms with E-state index < -0.39 is 8.32 Å². The first-order valence-electron chi connectivity index (χ1n) is 7.38. The minimum Gasteiger partial charge on any atom is -0.543 e. The summed E-state index contributed by atoms with van der Waals surface area (Å²) in [5.74, 6) is 1.17. The van der Waals surface area contributed by atoms with Gasteiger partial charge in [-0.3, -0.25) is 0 Å². The van der Waals surface area contributed by atoms with Gasteiger partial charge < -0.3 is 4.43 Å². The third-order valence-corrected chi connectivity index (χ3v) is 10.3. The Morgan fingerprint density at radius 3 is 1.72 bits per heavy atom. The zero-order valence-corrected chi connectivity index (χ0v) is 14.2. The van der Waals surface area contributed by atoms with E-state index in [1.165, 1.54) is 11.3 Å². The molecule has 0 fully saturated rings. The van der Waals surface area contributed by atoms with E-state index in [1.807, 2.05) is 0 Å². The van der Waals surface area contributed by atoms with Crippen LogP contribution in [-0.2, 0) is 4.43 Å². The second-order valence-corrected chi connectivity index (χ2v) is 11.8. The van der Waals surface area contributed by atoms with Crippen molar-refractivity contribution in [2.75, 3.05) is 0 Å². The van der Waals surface area contributed by atoms with Crippen molar-refractivity contribution >= 4 is 8.32 Å². The molecule has 0 radical (unpaired) electrons. The second kappa shape index (κ2) is 6.09. The van der Waals surface area contributed by atoms with Crippen LogP contribution in [0.1, 0.15) is 61.3 Å². The number of rotatable bonds is 5. The van der Waals surface area contributed by atoms with Crippen molar-refractivity contribution in [2.45, 2.75) is 77.9 Å². The first kappa shape index (κ1) is 15.6. The van der Waals surface area contributed by atoms with Gasteiger partial charge in [0.2, 0.25) is 0 Å². The fraction of sp³-hybridized carbons (Fsp3) is 0.750. The molecule has 0 heterocycles. The molecule has 1 aliphatic rings. The Kier molecular flexibility index (Phi) is 5.27. The molecule has 0 atom stereocenters. The Hall–Kier alpha value is -0.503. The first-order valence-corrected chi connectivity index (χ1v) is 9.52. The van der Waals surface area contributed by atoms with Crippen LogP contribution in [0.2, 0.25) is 16.6 Å². The minimum atomic E-state index is -1.77. The maximum Gasteiger partial charge on any atom is 0.258 e. The fourth-order valence-corrected chi connectivity index (χ4v) is 8.77. The predicted octanol–water partition coefficient (Wildman–Crippen LogP) is 5.80. The molecule has 0 saturated carbocycles. The summed E-state index contributed by atoms with van der Waals surface area (Å²) < 4.78 is 6.71. The molecule has 0 unspecified atom stereocenters.